The van der Waals surface area contributed by atoms with Gasteiger partial charge in [0.05, 0.1) is 6.54 Å². The first kappa shape index (κ1) is 24.0. The number of aromatic nitrogens is 2. The van der Waals surface area contributed by atoms with Crippen LogP contribution in [0.2, 0.25) is 0 Å². The van der Waals surface area contributed by atoms with E-state index in [-0.39, 0.29) is 36.0 Å². The second-order valence-electron chi connectivity index (χ2n) is 9.60. The molecule has 1 fully saturated rings. The van der Waals surface area contributed by atoms with Crippen LogP contribution >= 0.6 is 0 Å². The lowest BCUT2D eigenvalue weighted by molar-refractivity contribution is -0.133. The molecular formula is C26H35N5O3. The van der Waals surface area contributed by atoms with Crippen LogP contribution in [0.3, 0.4) is 0 Å². The molecule has 0 saturated heterocycles. The lowest BCUT2D eigenvalue weighted by Crippen LogP contribution is -2.65. The molecule has 2 aromatic rings. The minimum absolute atomic E-state index is 0.144. The van der Waals surface area contributed by atoms with Crippen LogP contribution in [-0.2, 0) is 17.8 Å². The van der Waals surface area contributed by atoms with Crippen LogP contribution in [0.15, 0.2) is 36.4 Å². The van der Waals surface area contributed by atoms with Crippen LogP contribution in [0.25, 0.3) is 0 Å². The molecule has 2 aliphatic rings. The molecule has 0 unspecified atom stereocenters. The monoisotopic (exact) mass is 465 g/mol. The molecule has 1 saturated carbocycles. The standard InChI is InChI=1S/C26H35N5O3/c1-3-16-30-24(33)22-17-21(23(32)27-15-9-12-19-10-5-4-6-11-19)29-31(22)18-26(30,2)25(34)28-20-13-7-8-14-20/h4-6,10-11,17,20H,3,7-9,12-16,18H2,1-2H3,(H,27,32)(H,28,34)/t26-/m1/s1. The van der Waals surface area contributed by atoms with E-state index in [9.17, 15) is 14.4 Å². The van der Waals surface area contributed by atoms with Gasteiger partial charge in [-0.2, -0.15) is 5.10 Å². The van der Waals surface area contributed by atoms with Crippen molar-refractivity contribution in [1.82, 2.24) is 25.3 Å². The van der Waals surface area contributed by atoms with Crippen LogP contribution < -0.4 is 10.6 Å². The maximum Gasteiger partial charge on any atom is 0.273 e. The number of benzene rings is 1. The highest BCUT2D eigenvalue weighted by molar-refractivity contribution is 6.01. The smallest absolute Gasteiger partial charge is 0.273 e. The molecule has 2 N–H and O–H groups in total. The Balaban J connectivity index is 1.44. The average molecular weight is 466 g/mol. The maximum atomic E-state index is 13.4. The summed E-state index contributed by atoms with van der Waals surface area (Å²) in [5, 5.41) is 10.5. The average Bonchev–Trinajstić information content (AvgIpc) is 3.50. The molecule has 0 spiro atoms. The quantitative estimate of drug-likeness (QED) is 0.557. The molecule has 182 valence electrons. The van der Waals surface area contributed by atoms with Gasteiger partial charge in [0.15, 0.2) is 5.69 Å². The Morgan fingerprint density at radius 1 is 1.18 bits per heavy atom. The first-order valence-corrected chi connectivity index (χ1v) is 12.5. The maximum absolute atomic E-state index is 13.4. The Bertz CT molecular complexity index is 1030. The lowest BCUT2D eigenvalue weighted by atomic mass is 9.94. The zero-order chi connectivity index (χ0) is 24.1. The number of nitrogens with zero attached hydrogens (tertiary/aromatic N) is 3. The number of carbonyl (C=O) groups is 3. The van der Waals surface area contributed by atoms with Gasteiger partial charge in [0, 0.05) is 25.2 Å². The molecule has 1 aliphatic carbocycles. The summed E-state index contributed by atoms with van der Waals surface area (Å²) in [6, 6.07) is 11.8. The summed E-state index contributed by atoms with van der Waals surface area (Å²) in [5.41, 5.74) is 0.748. The second kappa shape index (κ2) is 10.4. The lowest BCUT2D eigenvalue weighted by Gasteiger charge is -2.43. The Kier molecular flexibility index (Phi) is 7.34. The molecule has 4 rings (SSSR count). The van der Waals surface area contributed by atoms with E-state index >= 15 is 0 Å². The van der Waals surface area contributed by atoms with Crippen molar-refractivity contribution in [3.8, 4) is 0 Å². The number of nitrogens with one attached hydrogen (secondary N) is 2. The SMILES string of the molecule is CCCN1C(=O)c2cc(C(=O)NCCCc3ccccc3)nn2C[C@]1(C)C(=O)NC1CCCC1. The zero-order valence-electron chi connectivity index (χ0n) is 20.2. The largest absolute Gasteiger partial charge is 0.351 e. The van der Waals surface area contributed by atoms with Crippen LogP contribution in [0, 0.1) is 0 Å². The van der Waals surface area contributed by atoms with Crippen molar-refractivity contribution in [2.45, 2.75) is 76.9 Å². The minimum Gasteiger partial charge on any atom is -0.351 e. The number of rotatable bonds is 9. The fourth-order valence-electron chi connectivity index (χ4n) is 4.97. The third-order valence-electron chi connectivity index (χ3n) is 6.93. The van der Waals surface area contributed by atoms with E-state index < -0.39 is 5.54 Å². The van der Waals surface area contributed by atoms with Gasteiger partial charge >= 0.3 is 0 Å². The summed E-state index contributed by atoms with van der Waals surface area (Å²) >= 11 is 0. The highest BCUT2D eigenvalue weighted by Crippen LogP contribution is 2.29. The van der Waals surface area contributed by atoms with Gasteiger partial charge in [0.1, 0.15) is 11.2 Å². The van der Waals surface area contributed by atoms with Gasteiger partial charge < -0.3 is 15.5 Å². The Morgan fingerprint density at radius 3 is 2.62 bits per heavy atom. The summed E-state index contributed by atoms with van der Waals surface area (Å²) < 4.78 is 1.53. The van der Waals surface area contributed by atoms with Crippen LogP contribution in [0.1, 0.15) is 78.9 Å². The summed E-state index contributed by atoms with van der Waals surface area (Å²) in [5.74, 6) is -0.705. The van der Waals surface area contributed by atoms with E-state index in [1.807, 2.05) is 25.1 Å². The number of amides is 3. The molecule has 3 amide bonds. The molecule has 0 bridgehead atoms. The molecular weight excluding hydrogens is 430 g/mol. The van der Waals surface area contributed by atoms with E-state index in [1.54, 1.807) is 17.9 Å². The van der Waals surface area contributed by atoms with Crippen molar-refractivity contribution in [1.29, 1.82) is 0 Å². The summed E-state index contributed by atoms with van der Waals surface area (Å²) in [6.45, 7) is 5.02. The van der Waals surface area contributed by atoms with Crippen molar-refractivity contribution in [3.63, 3.8) is 0 Å². The molecule has 1 aliphatic heterocycles. The van der Waals surface area contributed by atoms with E-state index in [1.165, 1.54) is 10.2 Å². The Hall–Kier alpha value is -3.16. The number of aryl methyl sites for hydroxylation is 1. The van der Waals surface area contributed by atoms with Gasteiger partial charge in [-0.25, -0.2) is 0 Å². The molecule has 34 heavy (non-hydrogen) atoms. The highest BCUT2D eigenvalue weighted by Gasteiger charge is 2.48. The first-order valence-electron chi connectivity index (χ1n) is 12.5. The van der Waals surface area contributed by atoms with Gasteiger partial charge in [-0.05, 0) is 44.6 Å². The van der Waals surface area contributed by atoms with Crippen molar-refractivity contribution in [3.05, 3.63) is 53.3 Å². The van der Waals surface area contributed by atoms with Crippen molar-refractivity contribution in [2.75, 3.05) is 13.1 Å². The zero-order valence-corrected chi connectivity index (χ0v) is 20.2. The second-order valence-corrected chi connectivity index (χ2v) is 9.60. The Morgan fingerprint density at radius 2 is 1.91 bits per heavy atom. The number of hydrogen-bond acceptors (Lipinski definition) is 4. The predicted molar refractivity (Wildman–Crippen MR) is 129 cm³/mol. The topological polar surface area (TPSA) is 96.3 Å². The summed E-state index contributed by atoms with van der Waals surface area (Å²) in [7, 11) is 0. The Labute approximate surface area is 201 Å². The molecule has 2 heterocycles. The van der Waals surface area contributed by atoms with E-state index in [0.717, 1.165) is 44.9 Å². The van der Waals surface area contributed by atoms with Gasteiger partial charge in [0.25, 0.3) is 11.8 Å². The fourth-order valence-corrected chi connectivity index (χ4v) is 4.97. The third kappa shape index (κ3) is 5.00. The molecule has 8 nitrogen and oxygen atoms in total. The molecule has 8 heteroatoms. The van der Waals surface area contributed by atoms with E-state index in [4.69, 9.17) is 0 Å². The van der Waals surface area contributed by atoms with Crippen molar-refractivity contribution < 1.29 is 14.4 Å². The summed E-state index contributed by atoms with van der Waals surface area (Å²) in [6.07, 6.45) is 6.61. The molecule has 1 atom stereocenters. The van der Waals surface area contributed by atoms with Crippen LogP contribution in [0.5, 0.6) is 0 Å². The highest BCUT2D eigenvalue weighted by atomic mass is 16.2. The van der Waals surface area contributed by atoms with Gasteiger partial charge in [-0.3, -0.25) is 19.1 Å². The van der Waals surface area contributed by atoms with Crippen LogP contribution in [-0.4, -0.2) is 57.1 Å². The third-order valence-corrected chi connectivity index (χ3v) is 6.93. The first-order chi connectivity index (χ1) is 16.4. The minimum atomic E-state index is -1.04. The van der Waals surface area contributed by atoms with Gasteiger partial charge in [-0.1, -0.05) is 50.1 Å². The number of carbonyl (C=O) groups excluding carboxylic acids is 3. The predicted octanol–water partition coefficient (Wildman–Crippen LogP) is 2.93. The van der Waals surface area contributed by atoms with Crippen LogP contribution in [0.4, 0.5) is 0 Å². The summed E-state index contributed by atoms with van der Waals surface area (Å²) in [4.78, 5) is 41.1. The van der Waals surface area contributed by atoms with Gasteiger partial charge in [-0.15, -0.1) is 0 Å². The number of fused-ring (bicyclic) bond motifs is 1. The molecule has 0 radical (unpaired) electrons. The number of hydrogen-bond donors (Lipinski definition) is 2. The van der Waals surface area contributed by atoms with Gasteiger partial charge in [0.2, 0.25) is 5.91 Å². The van der Waals surface area contributed by atoms with E-state index in [0.29, 0.717) is 18.8 Å². The fraction of sp³-hybridized carbons (Fsp3) is 0.538. The normalized spacial score (nSPS) is 20.3. The molecule has 1 aromatic carbocycles. The van der Waals surface area contributed by atoms with E-state index in [2.05, 4.69) is 27.9 Å². The van der Waals surface area contributed by atoms with Crippen molar-refractivity contribution in [2.24, 2.45) is 0 Å². The van der Waals surface area contributed by atoms with Crippen molar-refractivity contribution >= 4 is 17.7 Å². The molecule has 1 aromatic heterocycles.